The molecule has 7 heteroatoms. The molecule has 1 saturated heterocycles. The van der Waals surface area contributed by atoms with Crippen molar-refractivity contribution in [3.63, 3.8) is 0 Å². The average Bonchev–Trinajstić information content (AvgIpc) is 3.27. The molecule has 2 unspecified atom stereocenters. The number of ether oxygens (including phenoxy) is 1. The number of pyridine rings is 2. The predicted molar refractivity (Wildman–Crippen MR) is 129 cm³/mol. The first-order chi connectivity index (χ1) is 16.4. The fourth-order valence-corrected chi connectivity index (χ4v) is 6.09. The van der Waals surface area contributed by atoms with Crippen LogP contribution in [0.15, 0.2) is 60.0 Å². The minimum Gasteiger partial charge on any atom is -0.378 e. The third kappa shape index (κ3) is 3.09. The number of hydrogen-bond acceptors (Lipinski definition) is 7. The Morgan fingerprint density at radius 2 is 2.03 bits per heavy atom. The number of morpholine rings is 1. The van der Waals surface area contributed by atoms with E-state index in [4.69, 9.17) is 19.7 Å². The molecule has 3 atom stereocenters. The van der Waals surface area contributed by atoms with Gasteiger partial charge in [-0.15, -0.1) is 0 Å². The van der Waals surface area contributed by atoms with Crippen LogP contribution in [0.3, 0.4) is 0 Å². The lowest BCUT2D eigenvalue weighted by Crippen LogP contribution is -2.45. The Morgan fingerprint density at radius 3 is 2.97 bits per heavy atom. The second-order valence-electron chi connectivity index (χ2n) is 9.42. The minimum absolute atomic E-state index is 0.189. The summed E-state index contributed by atoms with van der Waals surface area (Å²) < 4.78 is 5.58. The van der Waals surface area contributed by atoms with Crippen molar-refractivity contribution < 1.29 is 4.74 Å². The molecule has 0 N–H and O–H groups in total. The number of anilines is 2. The molecule has 7 nitrogen and oxygen atoms in total. The van der Waals surface area contributed by atoms with Gasteiger partial charge in [0.25, 0.3) is 0 Å². The van der Waals surface area contributed by atoms with Gasteiger partial charge in [-0.05, 0) is 49.1 Å². The molecule has 2 aromatic heterocycles. The van der Waals surface area contributed by atoms with Gasteiger partial charge in [-0.25, -0.2) is 4.98 Å². The molecule has 168 valence electrons. The van der Waals surface area contributed by atoms with Gasteiger partial charge in [-0.1, -0.05) is 12.1 Å². The number of hydrogen-bond donors (Lipinski definition) is 0. The van der Waals surface area contributed by atoms with Gasteiger partial charge in [0.05, 0.1) is 48.9 Å². The quantitative estimate of drug-likeness (QED) is 0.713. The molecule has 1 fully saturated rings. The van der Waals surface area contributed by atoms with E-state index in [0.29, 0.717) is 0 Å². The molecule has 0 aromatic carbocycles. The van der Waals surface area contributed by atoms with Crippen molar-refractivity contribution in [2.45, 2.75) is 37.4 Å². The van der Waals surface area contributed by atoms with Crippen LogP contribution in [0.1, 0.15) is 41.7 Å². The van der Waals surface area contributed by atoms with Crippen molar-refractivity contribution >= 4 is 17.3 Å². The lowest BCUT2D eigenvalue weighted by atomic mass is 9.86. The van der Waals surface area contributed by atoms with Crippen LogP contribution >= 0.6 is 0 Å². The zero-order valence-corrected chi connectivity index (χ0v) is 18.7. The summed E-state index contributed by atoms with van der Waals surface area (Å²) in [6.07, 6.45) is 16.0. The first kappa shape index (κ1) is 19.3. The number of aromatic nitrogens is 2. The van der Waals surface area contributed by atoms with Crippen LogP contribution in [0.2, 0.25) is 0 Å². The van der Waals surface area contributed by atoms with Crippen LogP contribution < -0.4 is 9.80 Å². The van der Waals surface area contributed by atoms with E-state index in [1.165, 1.54) is 28.9 Å². The minimum atomic E-state index is 0.189. The maximum atomic E-state index is 5.58. The predicted octanol–water partition coefficient (Wildman–Crippen LogP) is 3.42. The van der Waals surface area contributed by atoms with E-state index in [1.807, 2.05) is 6.20 Å². The lowest BCUT2D eigenvalue weighted by Gasteiger charge is -2.44. The van der Waals surface area contributed by atoms with Crippen LogP contribution in [0.25, 0.3) is 0 Å². The van der Waals surface area contributed by atoms with Crippen LogP contribution in [0.5, 0.6) is 0 Å². The molecule has 33 heavy (non-hydrogen) atoms. The first-order valence-corrected chi connectivity index (χ1v) is 12.1. The van der Waals surface area contributed by atoms with Crippen molar-refractivity contribution in [3.05, 3.63) is 71.8 Å². The normalized spacial score (nSPS) is 27.6. The molecule has 7 rings (SSSR count). The summed E-state index contributed by atoms with van der Waals surface area (Å²) in [4.78, 5) is 22.2. The van der Waals surface area contributed by atoms with Crippen molar-refractivity contribution in [2.75, 3.05) is 42.6 Å². The third-order valence-corrected chi connectivity index (χ3v) is 7.62. The molecular formula is C26H28N6O. The van der Waals surface area contributed by atoms with E-state index >= 15 is 0 Å². The summed E-state index contributed by atoms with van der Waals surface area (Å²) >= 11 is 0. The van der Waals surface area contributed by atoms with Crippen molar-refractivity contribution in [3.8, 4) is 0 Å². The number of fused-ring (bicyclic) bond motifs is 6. The molecule has 5 aliphatic rings. The molecule has 0 amide bonds. The van der Waals surface area contributed by atoms with Gasteiger partial charge in [0.1, 0.15) is 11.7 Å². The molecule has 0 saturated carbocycles. The number of allylic oxidation sites excluding steroid dienone is 2. The number of amidine groups is 1. The maximum Gasteiger partial charge on any atom is 0.129 e. The van der Waals surface area contributed by atoms with E-state index in [9.17, 15) is 0 Å². The highest BCUT2D eigenvalue weighted by molar-refractivity contribution is 5.97. The first-order valence-electron chi connectivity index (χ1n) is 12.1. The Bertz CT molecular complexity index is 1170. The molecular weight excluding hydrogens is 412 g/mol. The van der Waals surface area contributed by atoms with Crippen molar-refractivity contribution in [1.82, 2.24) is 14.9 Å². The Balaban J connectivity index is 1.34. The molecule has 0 spiro atoms. The summed E-state index contributed by atoms with van der Waals surface area (Å²) in [5, 5.41) is 0. The van der Waals surface area contributed by atoms with E-state index in [2.05, 4.69) is 63.5 Å². The number of aryl methyl sites for hydroxylation is 1. The third-order valence-electron chi connectivity index (χ3n) is 7.62. The van der Waals surface area contributed by atoms with Crippen molar-refractivity contribution in [2.24, 2.45) is 4.99 Å². The van der Waals surface area contributed by atoms with Gasteiger partial charge in [-0.2, -0.15) is 0 Å². The smallest absolute Gasteiger partial charge is 0.129 e. The fraction of sp³-hybridized carbons (Fsp3) is 0.423. The van der Waals surface area contributed by atoms with Gasteiger partial charge in [0.15, 0.2) is 0 Å². The van der Waals surface area contributed by atoms with Gasteiger partial charge >= 0.3 is 0 Å². The monoisotopic (exact) mass is 440 g/mol. The fourth-order valence-electron chi connectivity index (χ4n) is 6.09. The molecule has 4 aliphatic heterocycles. The number of nitrogens with zero attached hydrogens (tertiary/aromatic N) is 6. The van der Waals surface area contributed by atoms with E-state index in [-0.39, 0.29) is 18.1 Å². The van der Waals surface area contributed by atoms with E-state index in [0.717, 1.165) is 57.3 Å². The second-order valence-corrected chi connectivity index (χ2v) is 9.42. The zero-order valence-electron chi connectivity index (χ0n) is 18.7. The highest BCUT2D eigenvalue weighted by atomic mass is 16.5. The molecule has 0 radical (unpaired) electrons. The molecule has 1 aliphatic carbocycles. The van der Waals surface area contributed by atoms with E-state index in [1.54, 1.807) is 0 Å². The topological polar surface area (TPSA) is 57.1 Å². The summed E-state index contributed by atoms with van der Waals surface area (Å²) in [6.45, 7) is 4.18. The maximum absolute atomic E-state index is 5.58. The van der Waals surface area contributed by atoms with Gasteiger partial charge in [0.2, 0.25) is 0 Å². The number of aliphatic imine (C=N–C) groups is 1. The Labute approximate surface area is 194 Å². The Hall–Kier alpha value is -3.19. The standard InChI is InChI=1S/C26H28N6O/c1-2-10-31-23(8-1)29-20-17-32(21-7-3-5-18-6-4-9-27-25(18)21)22-16-28-24(15-19(22)26(20)31)30-11-13-33-14-12-30/h1-2,4,6,8-10,15-16,20-21,26H,3,5,7,11-14,17H2/t20?,21-,26?/m0/s1. The highest BCUT2D eigenvalue weighted by Gasteiger charge is 2.45. The zero-order chi connectivity index (χ0) is 21.8. The van der Waals surface area contributed by atoms with Crippen LogP contribution in [0.4, 0.5) is 11.5 Å². The number of rotatable bonds is 2. The Morgan fingerprint density at radius 1 is 1.09 bits per heavy atom. The van der Waals surface area contributed by atoms with E-state index < -0.39 is 0 Å². The highest BCUT2D eigenvalue weighted by Crippen LogP contribution is 2.48. The van der Waals surface area contributed by atoms with Gasteiger partial charge < -0.3 is 19.4 Å². The largest absolute Gasteiger partial charge is 0.378 e. The van der Waals surface area contributed by atoms with Gasteiger partial charge in [0, 0.05) is 37.6 Å². The summed E-state index contributed by atoms with van der Waals surface area (Å²) in [6, 6.07) is 7.30. The molecule has 0 bridgehead atoms. The average molecular weight is 441 g/mol. The summed E-state index contributed by atoms with van der Waals surface area (Å²) in [5.74, 6) is 2.11. The summed E-state index contributed by atoms with van der Waals surface area (Å²) in [7, 11) is 0. The van der Waals surface area contributed by atoms with Gasteiger partial charge in [-0.3, -0.25) is 9.98 Å². The SMILES string of the molecule is C1=CC2=NC3CN([C@H]4CCCc5cccnc54)c4cnc(N5CCOCC5)cc4C3N2C=C1. The lowest BCUT2D eigenvalue weighted by molar-refractivity contribution is 0.122. The second kappa shape index (κ2) is 7.70. The summed E-state index contributed by atoms with van der Waals surface area (Å²) in [5.41, 5.74) is 5.17. The van der Waals surface area contributed by atoms with Crippen LogP contribution in [-0.2, 0) is 11.2 Å². The van der Waals surface area contributed by atoms with Crippen molar-refractivity contribution in [1.29, 1.82) is 0 Å². The molecule has 6 heterocycles. The molecule has 2 aromatic rings. The van der Waals surface area contributed by atoms with Crippen LogP contribution in [0, 0.1) is 0 Å². The Kier molecular flexibility index (Phi) is 4.50. The van der Waals surface area contributed by atoms with Crippen LogP contribution in [-0.4, -0.2) is 59.6 Å².